The molecule has 36 heavy (non-hydrogen) atoms. The first-order valence-electron chi connectivity index (χ1n) is 11.5. The molecule has 0 radical (unpaired) electrons. The van der Waals surface area contributed by atoms with Crippen LogP contribution in [0.2, 0.25) is 5.02 Å². The number of amides is 1. The van der Waals surface area contributed by atoms with Gasteiger partial charge in [0.05, 0.1) is 51.2 Å². The van der Waals surface area contributed by atoms with Crippen LogP contribution in [0.3, 0.4) is 0 Å². The van der Waals surface area contributed by atoms with Crippen LogP contribution in [0.5, 0.6) is 17.2 Å². The maximum atomic E-state index is 13.4. The molecular formula is C26H29ClN2O7. The molecule has 2 aromatic rings. The monoisotopic (exact) mass is 516 g/mol. The highest BCUT2D eigenvalue weighted by atomic mass is 35.5. The topological polar surface area (TPSA) is 97.8 Å². The largest absolute Gasteiger partial charge is 0.507 e. The Morgan fingerprint density at radius 3 is 2.33 bits per heavy atom. The number of morpholine rings is 1. The molecule has 2 heterocycles. The zero-order valence-electron chi connectivity index (χ0n) is 20.5. The van der Waals surface area contributed by atoms with E-state index in [2.05, 4.69) is 4.90 Å². The second kappa shape index (κ2) is 11.2. The van der Waals surface area contributed by atoms with Gasteiger partial charge in [0.1, 0.15) is 23.0 Å². The van der Waals surface area contributed by atoms with Crippen LogP contribution in [-0.4, -0.2) is 87.3 Å². The third-order valence-electron chi connectivity index (χ3n) is 6.46. The number of hydrogen-bond donors (Lipinski definition) is 1. The quantitative estimate of drug-likeness (QED) is 0.325. The van der Waals surface area contributed by atoms with E-state index in [9.17, 15) is 14.7 Å². The van der Waals surface area contributed by atoms with E-state index >= 15 is 0 Å². The van der Waals surface area contributed by atoms with Crippen LogP contribution in [-0.2, 0) is 14.3 Å². The van der Waals surface area contributed by atoms with Crippen molar-refractivity contribution < 1.29 is 33.6 Å². The Kier molecular flexibility index (Phi) is 8.03. The summed E-state index contributed by atoms with van der Waals surface area (Å²) >= 11 is 6.28. The fourth-order valence-electron chi connectivity index (χ4n) is 4.53. The van der Waals surface area contributed by atoms with Gasteiger partial charge in [-0.1, -0.05) is 11.6 Å². The van der Waals surface area contributed by atoms with E-state index < -0.39 is 17.7 Å². The second-order valence-corrected chi connectivity index (χ2v) is 8.81. The number of rotatable bonds is 8. The minimum atomic E-state index is -0.892. The van der Waals surface area contributed by atoms with Gasteiger partial charge in [-0.05, 0) is 36.4 Å². The van der Waals surface area contributed by atoms with Gasteiger partial charge in [-0.2, -0.15) is 0 Å². The molecule has 2 aliphatic heterocycles. The van der Waals surface area contributed by atoms with E-state index in [0.717, 1.165) is 13.1 Å². The fourth-order valence-corrected chi connectivity index (χ4v) is 4.79. The zero-order chi connectivity index (χ0) is 25.8. The summed E-state index contributed by atoms with van der Waals surface area (Å²) in [7, 11) is 4.52. The number of likely N-dealkylation sites (tertiary alicyclic amines) is 1. The van der Waals surface area contributed by atoms with Crippen LogP contribution in [0.4, 0.5) is 0 Å². The number of Topliss-reactive ketones (excluding diaryl/α,β-unsaturated/α-hetero) is 1. The molecule has 0 spiro atoms. The lowest BCUT2D eigenvalue weighted by molar-refractivity contribution is -0.140. The molecule has 0 saturated carbocycles. The first-order valence-corrected chi connectivity index (χ1v) is 11.9. The smallest absolute Gasteiger partial charge is 0.295 e. The van der Waals surface area contributed by atoms with Crippen LogP contribution < -0.4 is 14.2 Å². The SMILES string of the molecule is COc1ccc(OC)c([C@@H]2/C(=C(\O)c3ccc(OC)c(Cl)c3)C(=O)C(=O)N2CCN2CCOCC2)c1. The number of carbonyl (C=O) groups excluding carboxylic acids is 2. The first kappa shape index (κ1) is 25.8. The normalized spacial score (nSPS) is 20.0. The predicted octanol–water partition coefficient (Wildman–Crippen LogP) is 3.12. The number of carbonyl (C=O) groups is 2. The van der Waals surface area contributed by atoms with E-state index in [1.807, 2.05) is 0 Å². The highest BCUT2D eigenvalue weighted by Gasteiger charge is 2.47. The van der Waals surface area contributed by atoms with Crippen molar-refractivity contribution in [3.63, 3.8) is 0 Å². The molecule has 0 bridgehead atoms. The summed E-state index contributed by atoms with van der Waals surface area (Å²) in [6.07, 6.45) is 0. The van der Waals surface area contributed by atoms with Crippen LogP contribution in [0, 0.1) is 0 Å². The van der Waals surface area contributed by atoms with Gasteiger partial charge in [-0.25, -0.2) is 0 Å². The minimum Gasteiger partial charge on any atom is -0.507 e. The molecule has 1 atom stereocenters. The molecule has 1 amide bonds. The van der Waals surface area contributed by atoms with Crippen molar-refractivity contribution in [1.29, 1.82) is 0 Å². The number of ketones is 1. The number of ether oxygens (including phenoxy) is 4. The molecule has 2 fully saturated rings. The molecule has 2 aromatic carbocycles. The average molecular weight is 517 g/mol. The summed E-state index contributed by atoms with van der Waals surface area (Å²) in [5.74, 6) is -0.405. The standard InChI is InChI=1S/C26H29ClN2O7/c1-33-17-5-7-20(34-2)18(15-17)23-22(24(30)16-4-6-21(35-3)19(27)14-16)25(31)26(32)29(23)9-8-28-10-12-36-13-11-28/h4-7,14-15,23,30H,8-13H2,1-3H3/b24-22+/t23-/m1/s1. The van der Waals surface area contributed by atoms with Crippen molar-refractivity contribution in [2.45, 2.75) is 6.04 Å². The lowest BCUT2D eigenvalue weighted by atomic mass is 9.94. The van der Waals surface area contributed by atoms with Gasteiger partial charge in [0.2, 0.25) is 0 Å². The molecule has 1 N–H and O–H groups in total. The number of aliphatic hydroxyl groups excluding tert-OH is 1. The third-order valence-corrected chi connectivity index (χ3v) is 6.75. The van der Waals surface area contributed by atoms with Crippen LogP contribution in [0.25, 0.3) is 5.76 Å². The third kappa shape index (κ3) is 5.00. The number of benzene rings is 2. The number of halogens is 1. The molecule has 2 saturated heterocycles. The number of hydrogen-bond acceptors (Lipinski definition) is 8. The molecule has 2 aliphatic rings. The molecule has 0 aliphatic carbocycles. The van der Waals surface area contributed by atoms with Crippen molar-refractivity contribution in [3.8, 4) is 17.2 Å². The van der Waals surface area contributed by atoms with Crippen molar-refractivity contribution in [2.75, 3.05) is 60.7 Å². The number of nitrogens with zero attached hydrogens (tertiary/aromatic N) is 2. The summed E-state index contributed by atoms with van der Waals surface area (Å²) in [5.41, 5.74) is 0.771. The lowest BCUT2D eigenvalue weighted by Gasteiger charge is -2.31. The van der Waals surface area contributed by atoms with E-state index in [1.54, 1.807) is 30.3 Å². The van der Waals surface area contributed by atoms with Crippen molar-refractivity contribution in [3.05, 3.63) is 58.1 Å². The van der Waals surface area contributed by atoms with Gasteiger partial charge in [-0.15, -0.1) is 0 Å². The van der Waals surface area contributed by atoms with Crippen molar-refractivity contribution >= 4 is 29.1 Å². The zero-order valence-corrected chi connectivity index (χ0v) is 21.2. The average Bonchev–Trinajstić information content (AvgIpc) is 3.16. The Bertz CT molecular complexity index is 1180. The Morgan fingerprint density at radius 1 is 1.00 bits per heavy atom. The summed E-state index contributed by atoms with van der Waals surface area (Å²) in [4.78, 5) is 30.3. The summed E-state index contributed by atoms with van der Waals surface area (Å²) in [6, 6.07) is 8.93. The molecule has 0 aromatic heterocycles. The summed E-state index contributed by atoms with van der Waals surface area (Å²) < 4.78 is 21.6. The van der Waals surface area contributed by atoms with Crippen molar-refractivity contribution in [1.82, 2.24) is 9.80 Å². The van der Waals surface area contributed by atoms with Crippen LogP contribution >= 0.6 is 11.6 Å². The molecular weight excluding hydrogens is 488 g/mol. The summed E-state index contributed by atoms with van der Waals surface area (Å²) in [6.45, 7) is 3.53. The maximum absolute atomic E-state index is 13.4. The van der Waals surface area contributed by atoms with Gasteiger partial charge >= 0.3 is 0 Å². The molecule has 9 nitrogen and oxygen atoms in total. The van der Waals surface area contributed by atoms with E-state index in [0.29, 0.717) is 48.1 Å². The van der Waals surface area contributed by atoms with Crippen molar-refractivity contribution in [2.24, 2.45) is 0 Å². The van der Waals surface area contributed by atoms with E-state index in [4.69, 9.17) is 30.5 Å². The van der Waals surface area contributed by atoms with Gasteiger partial charge in [0.15, 0.2) is 0 Å². The fraction of sp³-hybridized carbons (Fsp3) is 0.385. The molecule has 192 valence electrons. The van der Waals surface area contributed by atoms with E-state index in [-0.39, 0.29) is 22.9 Å². The predicted molar refractivity (Wildman–Crippen MR) is 134 cm³/mol. The van der Waals surface area contributed by atoms with Gasteiger partial charge in [-0.3, -0.25) is 14.5 Å². The minimum absolute atomic E-state index is 0.0465. The Labute approximate surface area is 214 Å². The van der Waals surface area contributed by atoms with Crippen LogP contribution in [0.15, 0.2) is 42.0 Å². The Hall–Kier alpha value is -3.27. The number of methoxy groups -OCH3 is 3. The highest BCUT2D eigenvalue weighted by Crippen LogP contribution is 2.44. The molecule has 0 unspecified atom stereocenters. The molecule has 10 heteroatoms. The Morgan fingerprint density at radius 2 is 1.69 bits per heavy atom. The van der Waals surface area contributed by atoms with Crippen LogP contribution in [0.1, 0.15) is 17.2 Å². The van der Waals surface area contributed by atoms with Gasteiger partial charge < -0.3 is 29.0 Å². The van der Waals surface area contributed by atoms with Gasteiger partial charge in [0, 0.05) is 37.3 Å². The Balaban J connectivity index is 1.83. The lowest BCUT2D eigenvalue weighted by Crippen LogP contribution is -2.42. The second-order valence-electron chi connectivity index (χ2n) is 8.40. The van der Waals surface area contributed by atoms with E-state index in [1.165, 1.54) is 32.3 Å². The maximum Gasteiger partial charge on any atom is 0.295 e. The highest BCUT2D eigenvalue weighted by molar-refractivity contribution is 6.46. The van der Waals surface area contributed by atoms with Gasteiger partial charge in [0.25, 0.3) is 11.7 Å². The first-order chi connectivity index (χ1) is 17.4. The summed E-state index contributed by atoms with van der Waals surface area (Å²) in [5, 5.41) is 11.6. The molecule has 4 rings (SSSR count). The number of aliphatic hydroxyl groups is 1.